The number of nitrogen functional groups attached to an aromatic ring is 1. The van der Waals surface area contributed by atoms with Gasteiger partial charge in [0.2, 0.25) is 5.95 Å². The van der Waals surface area contributed by atoms with Crippen LogP contribution in [0.5, 0.6) is 0 Å². The first-order valence-corrected chi connectivity index (χ1v) is 8.12. The summed E-state index contributed by atoms with van der Waals surface area (Å²) in [5, 5.41) is 0. The van der Waals surface area contributed by atoms with Crippen molar-refractivity contribution in [3.05, 3.63) is 23.8 Å². The number of rotatable bonds is 7. The number of imidazole rings is 1. The molecule has 0 unspecified atom stereocenters. The van der Waals surface area contributed by atoms with Gasteiger partial charge in [-0.05, 0) is 24.9 Å². The number of unbranched alkanes of at least 4 members (excludes halogenated alkanes) is 3. The number of benzene rings is 1. The summed E-state index contributed by atoms with van der Waals surface area (Å²) in [6, 6.07) is 2.12. The second kappa shape index (κ2) is 6.92. The van der Waals surface area contributed by atoms with Crippen molar-refractivity contribution >= 4 is 28.7 Å². The first-order valence-electron chi connectivity index (χ1n) is 6.73. The Balaban J connectivity index is 2.04. The molecule has 1 aromatic carbocycles. The maximum atomic E-state index is 13.6. The van der Waals surface area contributed by atoms with E-state index in [9.17, 15) is 8.78 Å². The molecule has 0 saturated heterocycles. The van der Waals surface area contributed by atoms with Gasteiger partial charge in [0.05, 0.1) is 5.52 Å². The molecule has 2 aromatic rings. The van der Waals surface area contributed by atoms with Crippen molar-refractivity contribution in [3.63, 3.8) is 0 Å². The Morgan fingerprint density at radius 1 is 1.20 bits per heavy atom. The maximum absolute atomic E-state index is 13.6. The fourth-order valence-electron chi connectivity index (χ4n) is 2.27. The van der Waals surface area contributed by atoms with Gasteiger partial charge >= 0.3 is 0 Å². The highest BCUT2D eigenvalue weighted by molar-refractivity contribution is 7.98. The number of thioether (sulfide) groups is 1. The van der Waals surface area contributed by atoms with Gasteiger partial charge in [0.15, 0.2) is 5.82 Å². The molecule has 1 aromatic heterocycles. The van der Waals surface area contributed by atoms with Crippen molar-refractivity contribution in [3.8, 4) is 0 Å². The van der Waals surface area contributed by atoms with Crippen LogP contribution in [-0.4, -0.2) is 21.6 Å². The highest BCUT2D eigenvalue weighted by Crippen LogP contribution is 2.22. The Labute approximate surface area is 121 Å². The van der Waals surface area contributed by atoms with E-state index in [2.05, 4.69) is 11.2 Å². The van der Waals surface area contributed by atoms with Crippen LogP contribution in [0.15, 0.2) is 12.1 Å². The van der Waals surface area contributed by atoms with Crippen LogP contribution in [0.2, 0.25) is 0 Å². The number of anilines is 1. The average molecular weight is 299 g/mol. The summed E-state index contributed by atoms with van der Waals surface area (Å²) in [5.41, 5.74) is 6.37. The molecule has 0 atom stereocenters. The zero-order chi connectivity index (χ0) is 14.5. The Morgan fingerprint density at radius 3 is 2.70 bits per heavy atom. The van der Waals surface area contributed by atoms with Crippen LogP contribution in [0, 0.1) is 11.6 Å². The predicted molar refractivity (Wildman–Crippen MR) is 80.9 cm³/mol. The first kappa shape index (κ1) is 15.1. The summed E-state index contributed by atoms with van der Waals surface area (Å²) in [6.45, 7) is 0.643. The zero-order valence-electron chi connectivity index (χ0n) is 11.5. The van der Waals surface area contributed by atoms with Crippen molar-refractivity contribution in [2.45, 2.75) is 32.2 Å². The molecular formula is C14H19F2N3S. The van der Waals surface area contributed by atoms with E-state index in [1.54, 1.807) is 4.57 Å². The summed E-state index contributed by atoms with van der Waals surface area (Å²) in [6.07, 6.45) is 6.47. The molecule has 2 rings (SSSR count). The number of hydrogen-bond donors (Lipinski definition) is 1. The van der Waals surface area contributed by atoms with Crippen LogP contribution in [0.1, 0.15) is 25.7 Å². The number of hydrogen-bond acceptors (Lipinski definition) is 3. The lowest BCUT2D eigenvalue weighted by Gasteiger charge is -2.06. The largest absolute Gasteiger partial charge is 0.369 e. The molecule has 1 heterocycles. The summed E-state index contributed by atoms with van der Waals surface area (Å²) >= 11 is 1.85. The molecule has 0 aliphatic rings. The van der Waals surface area contributed by atoms with Crippen molar-refractivity contribution < 1.29 is 8.78 Å². The molecule has 0 saturated carbocycles. The smallest absolute Gasteiger partial charge is 0.201 e. The lowest BCUT2D eigenvalue weighted by atomic mass is 10.2. The lowest BCUT2D eigenvalue weighted by Crippen LogP contribution is -2.03. The van der Waals surface area contributed by atoms with Gasteiger partial charge in [-0.15, -0.1) is 0 Å². The molecule has 2 N–H and O–H groups in total. The van der Waals surface area contributed by atoms with Crippen LogP contribution in [0.25, 0.3) is 11.0 Å². The summed E-state index contributed by atoms with van der Waals surface area (Å²) < 4.78 is 28.6. The predicted octanol–water partition coefficient (Wildman–Crippen LogP) is 3.82. The van der Waals surface area contributed by atoms with Crippen LogP contribution in [0.4, 0.5) is 14.7 Å². The van der Waals surface area contributed by atoms with Crippen molar-refractivity contribution in [2.24, 2.45) is 0 Å². The summed E-state index contributed by atoms with van der Waals surface area (Å²) in [5.74, 6) is 0.155. The van der Waals surface area contributed by atoms with E-state index < -0.39 is 11.6 Å². The Hall–Kier alpha value is -1.30. The molecule has 0 amide bonds. The minimum atomic E-state index is -0.662. The van der Waals surface area contributed by atoms with E-state index in [1.165, 1.54) is 18.2 Å². The normalized spacial score (nSPS) is 11.3. The number of aromatic nitrogens is 2. The lowest BCUT2D eigenvalue weighted by molar-refractivity contribution is 0.584. The highest BCUT2D eigenvalue weighted by Gasteiger charge is 2.13. The number of nitrogens with two attached hydrogens (primary N) is 1. The molecule has 0 radical (unpaired) electrons. The van der Waals surface area contributed by atoms with Gasteiger partial charge < -0.3 is 10.3 Å². The fraction of sp³-hybridized carbons (Fsp3) is 0.500. The molecule has 0 fully saturated rings. The van der Waals surface area contributed by atoms with Gasteiger partial charge in [-0.1, -0.05) is 12.8 Å². The molecule has 0 bridgehead atoms. The summed E-state index contributed by atoms with van der Waals surface area (Å²) in [4.78, 5) is 3.98. The average Bonchev–Trinajstić information content (AvgIpc) is 2.71. The second-order valence-electron chi connectivity index (χ2n) is 4.78. The topological polar surface area (TPSA) is 43.8 Å². The molecule has 20 heavy (non-hydrogen) atoms. The van der Waals surface area contributed by atoms with E-state index in [4.69, 9.17) is 5.73 Å². The third-order valence-corrected chi connectivity index (χ3v) is 3.98. The van der Waals surface area contributed by atoms with Crippen molar-refractivity contribution in [1.82, 2.24) is 9.55 Å². The molecular weight excluding hydrogens is 280 g/mol. The Morgan fingerprint density at radius 2 is 1.95 bits per heavy atom. The van der Waals surface area contributed by atoms with E-state index in [1.807, 2.05) is 11.8 Å². The molecule has 6 heteroatoms. The molecule has 3 nitrogen and oxygen atoms in total. The molecule has 0 aliphatic heterocycles. The molecule has 110 valence electrons. The quantitative estimate of drug-likeness (QED) is 0.790. The van der Waals surface area contributed by atoms with E-state index in [0.29, 0.717) is 12.1 Å². The van der Waals surface area contributed by atoms with Crippen molar-refractivity contribution in [1.29, 1.82) is 0 Å². The van der Waals surface area contributed by atoms with E-state index >= 15 is 0 Å². The van der Waals surface area contributed by atoms with Gasteiger partial charge in [0.1, 0.15) is 11.3 Å². The van der Waals surface area contributed by atoms with Crippen LogP contribution >= 0.6 is 11.8 Å². The first-order chi connectivity index (χ1) is 9.63. The minimum absolute atomic E-state index is 0.145. The zero-order valence-corrected chi connectivity index (χ0v) is 12.3. The third kappa shape index (κ3) is 3.42. The Kier molecular flexibility index (Phi) is 5.23. The molecule has 0 spiro atoms. The number of nitrogens with zero attached hydrogens (tertiary/aromatic N) is 2. The maximum Gasteiger partial charge on any atom is 0.201 e. The highest BCUT2D eigenvalue weighted by atomic mass is 32.2. The minimum Gasteiger partial charge on any atom is -0.369 e. The van der Waals surface area contributed by atoms with Gasteiger partial charge in [-0.3, -0.25) is 0 Å². The van der Waals surface area contributed by atoms with Crippen LogP contribution in [0.3, 0.4) is 0 Å². The number of halogens is 2. The fourth-order valence-corrected chi connectivity index (χ4v) is 2.76. The number of fused-ring (bicyclic) bond motifs is 1. The number of aryl methyl sites for hydroxylation is 1. The van der Waals surface area contributed by atoms with Gasteiger partial charge in [-0.2, -0.15) is 11.8 Å². The van der Waals surface area contributed by atoms with Crippen LogP contribution < -0.4 is 5.73 Å². The van der Waals surface area contributed by atoms with E-state index in [0.717, 1.165) is 25.3 Å². The third-order valence-electron chi connectivity index (χ3n) is 3.28. The summed E-state index contributed by atoms with van der Waals surface area (Å²) in [7, 11) is 0. The van der Waals surface area contributed by atoms with Gasteiger partial charge in [0, 0.05) is 18.7 Å². The second-order valence-corrected chi connectivity index (χ2v) is 5.77. The van der Waals surface area contributed by atoms with Gasteiger partial charge in [0.25, 0.3) is 0 Å². The Bertz CT molecular complexity index is 583. The standard InChI is InChI=1S/C14H19F2N3S/c1-20-7-5-3-2-4-6-19-12-9-10(15)8-11(16)13(12)18-14(19)17/h8-9H,2-7H2,1H3,(H2,17,18). The SMILES string of the molecule is CSCCCCCCn1c(N)nc2c(F)cc(F)cc21. The van der Waals surface area contributed by atoms with Gasteiger partial charge in [-0.25, -0.2) is 13.8 Å². The van der Waals surface area contributed by atoms with Crippen molar-refractivity contribution in [2.75, 3.05) is 17.7 Å². The monoisotopic (exact) mass is 299 g/mol. The van der Waals surface area contributed by atoms with E-state index in [-0.39, 0.29) is 11.5 Å². The van der Waals surface area contributed by atoms with Crippen LogP contribution in [-0.2, 0) is 6.54 Å². The molecule has 0 aliphatic carbocycles.